The van der Waals surface area contributed by atoms with Gasteiger partial charge in [0.15, 0.2) is 17.0 Å². The molecular formula is C42H56Cl2N12O5. The molecule has 61 heavy (non-hydrogen) atoms. The summed E-state index contributed by atoms with van der Waals surface area (Å²) >= 11 is 12.0. The molecule has 0 saturated heterocycles. The second-order valence-electron chi connectivity index (χ2n) is 15.3. The van der Waals surface area contributed by atoms with E-state index in [2.05, 4.69) is 46.5 Å². The minimum Gasteiger partial charge on any atom is -0.382 e. The van der Waals surface area contributed by atoms with Gasteiger partial charge in [0.05, 0.1) is 35.6 Å². The number of carbonyl (C=O) groups excluding carboxylic acids is 5. The van der Waals surface area contributed by atoms with Gasteiger partial charge in [0.25, 0.3) is 11.8 Å². The lowest BCUT2D eigenvalue weighted by atomic mass is 10.0. The summed E-state index contributed by atoms with van der Waals surface area (Å²) in [7, 11) is 1.89. The Morgan fingerprint density at radius 3 is 2.18 bits per heavy atom. The minimum absolute atomic E-state index is 0.0338. The molecule has 17 nitrogen and oxygen atoms in total. The number of hydrogen-bond donors (Lipinski definition) is 7. The number of carbonyl (C=O) groups is 5. The molecule has 9 N–H and O–H groups in total. The Kier molecular flexibility index (Phi) is 18.7. The van der Waals surface area contributed by atoms with Crippen LogP contribution in [0.25, 0.3) is 11.2 Å². The monoisotopic (exact) mass is 878 g/mol. The zero-order chi connectivity index (χ0) is 44.5. The van der Waals surface area contributed by atoms with E-state index >= 15 is 0 Å². The number of hydrogen-bond acceptors (Lipinski definition) is 12. The summed E-state index contributed by atoms with van der Waals surface area (Å²) in [5, 5.41) is 14.6. The van der Waals surface area contributed by atoms with E-state index < -0.39 is 17.9 Å². The standard InChI is InChI=1S/C42H56Cl2N12O5/c1-25(2)9-17-33(53-35(58)23-50-40(60)31-21-28(43)13-16-32(31)44)41(61)48-20-8-6-5-7-19-47-34(57)18-10-26(3)51-39(59)27-11-14-30(15-12-27)56(4)24-29-22-49-38-36(52-29)37(45)54-42(46)55-38/h11-16,21-22,25-26,33H,5-10,17-20,23-24H2,1-4H3,(H,47,57)(H,48,61)(H,50,60)(H,51,59)(H,53,58)(H4,45,46,49,54,55)/t26-,33+/m1/s1. The summed E-state index contributed by atoms with van der Waals surface area (Å²) in [5.41, 5.74) is 14.5. The van der Waals surface area contributed by atoms with Crippen LogP contribution in [-0.4, -0.2) is 88.2 Å². The first-order valence-corrected chi connectivity index (χ1v) is 21.1. The number of nitrogens with zero attached hydrogens (tertiary/aromatic N) is 5. The summed E-state index contributed by atoms with van der Waals surface area (Å²) < 4.78 is 0. The van der Waals surface area contributed by atoms with Crippen molar-refractivity contribution in [2.75, 3.05) is 43.0 Å². The number of nitrogen functional groups attached to an aromatic ring is 2. The number of aromatic nitrogens is 4. The molecule has 2 atom stereocenters. The van der Waals surface area contributed by atoms with Crippen LogP contribution in [0.1, 0.15) is 98.5 Å². The van der Waals surface area contributed by atoms with Gasteiger partial charge in [0, 0.05) is 48.9 Å². The summed E-state index contributed by atoms with van der Waals surface area (Å²) in [6, 6.07) is 10.7. The number of nitrogens with one attached hydrogen (secondary N) is 5. The van der Waals surface area contributed by atoms with Crippen LogP contribution in [0.4, 0.5) is 17.5 Å². The van der Waals surface area contributed by atoms with Gasteiger partial charge < -0.3 is 43.0 Å². The first-order valence-electron chi connectivity index (χ1n) is 20.3. The largest absolute Gasteiger partial charge is 0.382 e. The molecule has 328 valence electrons. The van der Waals surface area contributed by atoms with Crippen molar-refractivity contribution in [3.05, 3.63) is 75.5 Å². The predicted molar refractivity (Wildman–Crippen MR) is 238 cm³/mol. The SMILES string of the molecule is CC(C)CC[C@H](NC(=O)CNC(=O)c1cc(Cl)ccc1Cl)C(=O)NCCCCCCNC(=O)CC[C@@H](C)NC(=O)c1ccc(N(C)Cc2cnc3nc(N)nc(N)c3n2)cc1. The lowest BCUT2D eigenvalue weighted by Gasteiger charge is -2.20. The summed E-state index contributed by atoms with van der Waals surface area (Å²) in [4.78, 5) is 82.3. The first kappa shape index (κ1) is 47.9. The van der Waals surface area contributed by atoms with Gasteiger partial charge in [-0.25, -0.2) is 9.97 Å². The fourth-order valence-corrected chi connectivity index (χ4v) is 6.56. The van der Waals surface area contributed by atoms with Gasteiger partial charge >= 0.3 is 0 Å². The van der Waals surface area contributed by atoms with Crippen LogP contribution in [0.5, 0.6) is 0 Å². The maximum atomic E-state index is 13.0. The molecule has 0 aliphatic heterocycles. The molecule has 4 rings (SSSR count). The van der Waals surface area contributed by atoms with Crippen LogP contribution in [0.3, 0.4) is 0 Å². The van der Waals surface area contributed by atoms with Crippen molar-refractivity contribution >= 4 is 81.4 Å². The molecule has 0 radical (unpaired) electrons. The van der Waals surface area contributed by atoms with Gasteiger partial charge in [-0.1, -0.05) is 49.9 Å². The Balaban J connectivity index is 1.07. The molecular weight excluding hydrogens is 823 g/mol. The molecule has 4 aromatic rings. The van der Waals surface area contributed by atoms with Crippen molar-refractivity contribution in [2.24, 2.45) is 5.92 Å². The number of benzene rings is 2. The highest BCUT2D eigenvalue weighted by atomic mass is 35.5. The van der Waals surface area contributed by atoms with Crippen molar-refractivity contribution in [3.63, 3.8) is 0 Å². The Morgan fingerprint density at radius 2 is 1.48 bits per heavy atom. The number of halogens is 2. The lowest BCUT2D eigenvalue weighted by molar-refractivity contribution is -0.128. The van der Waals surface area contributed by atoms with E-state index in [0.29, 0.717) is 65.8 Å². The summed E-state index contributed by atoms with van der Waals surface area (Å²) in [6.45, 7) is 7.01. The van der Waals surface area contributed by atoms with E-state index in [0.717, 1.165) is 37.8 Å². The fraction of sp³-hybridized carbons (Fsp3) is 0.452. The van der Waals surface area contributed by atoms with Crippen LogP contribution in [0.2, 0.25) is 10.0 Å². The third-order valence-electron chi connectivity index (χ3n) is 9.64. The van der Waals surface area contributed by atoms with Crippen molar-refractivity contribution < 1.29 is 24.0 Å². The Bertz CT molecular complexity index is 2140. The third-order valence-corrected chi connectivity index (χ3v) is 10.2. The zero-order valence-corrected chi connectivity index (χ0v) is 36.5. The molecule has 0 unspecified atom stereocenters. The number of nitrogens with two attached hydrogens (primary N) is 2. The molecule has 2 aromatic carbocycles. The molecule has 2 heterocycles. The summed E-state index contributed by atoms with van der Waals surface area (Å²) in [5.74, 6) is -1.11. The average Bonchev–Trinajstić information content (AvgIpc) is 3.22. The number of rotatable bonds is 23. The van der Waals surface area contributed by atoms with Crippen molar-refractivity contribution in [1.29, 1.82) is 0 Å². The van der Waals surface area contributed by atoms with E-state index in [4.69, 9.17) is 34.7 Å². The Morgan fingerprint density at radius 1 is 0.770 bits per heavy atom. The average molecular weight is 880 g/mol. The molecule has 0 bridgehead atoms. The molecule has 0 saturated carbocycles. The van der Waals surface area contributed by atoms with Crippen LogP contribution in [0, 0.1) is 5.92 Å². The minimum atomic E-state index is -0.740. The topological polar surface area (TPSA) is 252 Å². The highest BCUT2D eigenvalue weighted by Crippen LogP contribution is 2.21. The van der Waals surface area contributed by atoms with E-state index in [1.54, 1.807) is 24.4 Å². The number of anilines is 3. The molecule has 0 aliphatic rings. The van der Waals surface area contributed by atoms with E-state index in [9.17, 15) is 24.0 Å². The van der Waals surface area contributed by atoms with E-state index in [-0.39, 0.29) is 59.1 Å². The number of fused-ring (bicyclic) bond motifs is 1. The second kappa shape index (κ2) is 23.8. The lowest BCUT2D eigenvalue weighted by Crippen LogP contribution is -2.49. The van der Waals surface area contributed by atoms with Crippen LogP contribution in [0.15, 0.2) is 48.7 Å². The fourth-order valence-electron chi connectivity index (χ4n) is 6.18. The number of unbranched alkanes of at least 4 members (excludes halogenated alkanes) is 3. The molecule has 0 aliphatic carbocycles. The Labute approximate surface area is 365 Å². The second-order valence-corrected chi connectivity index (χ2v) is 16.1. The molecule has 5 amide bonds. The van der Waals surface area contributed by atoms with Crippen molar-refractivity contribution in [2.45, 2.75) is 90.8 Å². The number of amides is 5. The molecule has 2 aromatic heterocycles. The first-order chi connectivity index (χ1) is 29.1. The van der Waals surface area contributed by atoms with Gasteiger partial charge in [-0.3, -0.25) is 24.0 Å². The van der Waals surface area contributed by atoms with Crippen LogP contribution >= 0.6 is 23.2 Å². The normalized spacial score (nSPS) is 12.0. The Hall–Kier alpha value is -5.81. The van der Waals surface area contributed by atoms with Crippen LogP contribution < -0.4 is 43.0 Å². The summed E-state index contributed by atoms with van der Waals surface area (Å²) in [6.07, 6.45) is 6.78. The van der Waals surface area contributed by atoms with Gasteiger partial charge in [-0.05, 0) is 87.4 Å². The van der Waals surface area contributed by atoms with Gasteiger partial charge in [-0.2, -0.15) is 9.97 Å². The van der Waals surface area contributed by atoms with E-state index in [1.165, 1.54) is 12.1 Å². The predicted octanol–water partition coefficient (Wildman–Crippen LogP) is 4.57. The maximum Gasteiger partial charge on any atom is 0.253 e. The van der Waals surface area contributed by atoms with E-state index in [1.807, 2.05) is 44.9 Å². The quantitative estimate of drug-likeness (QED) is 0.0507. The maximum absolute atomic E-state index is 13.0. The van der Waals surface area contributed by atoms with Gasteiger partial charge in [0.1, 0.15) is 6.04 Å². The van der Waals surface area contributed by atoms with Crippen molar-refractivity contribution in [3.8, 4) is 0 Å². The van der Waals surface area contributed by atoms with Crippen LogP contribution in [-0.2, 0) is 20.9 Å². The van der Waals surface area contributed by atoms with Crippen molar-refractivity contribution in [1.82, 2.24) is 46.5 Å². The highest BCUT2D eigenvalue weighted by molar-refractivity contribution is 6.35. The third kappa shape index (κ3) is 16.0. The van der Waals surface area contributed by atoms with Gasteiger partial charge in [0.2, 0.25) is 23.7 Å². The zero-order valence-electron chi connectivity index (χ0n) is 35.0. The molecule has 0 spiro atoms. The van der Waals surface area contributed by atoms with Gasteiger partial charge in [-0.15, -0.1) is 0 Å². The highest BCUT2D eigenvalue weighted by Gasteiger charge is 2.22. The smallest absolute Gasteiger partial charge is 0.253 e. The molecule has 19 heteroatoms. The molecule has 0 fully saturated rings.